The molecule has 0 aliphatic rings. The standard InChI is InChI=1S/C14H14ClNO2S/c1-9(10-4-3-5-11(8-10)18-2)16-14(17)12-6-7-13(15)19-12/h3-9H,1-2H3,(H,16,17). The van der Waals surface area contributed by atoms with Gasteiger partial charge in [-0.3, -0.25) is 4.79 Å². The van der Waals surface area contributed by atoms with Gasteiger partial charge in [0.1, 0.15) is 5.75 Å². The molecule has 1 amide bonds. The van der Waals surface area contributed by atoms with Crippen LogP contribution in [0.25, 0.3) is 0 Å². The number of carbonyl (C=O) groups is 1. The highest BCUT2D eigenvalue weighted by Gasteiger charge is 2.13. The third-order valence-electron chi connectivity index (χ3n) is 2.74. The minimum atomic E-state index is -0.118. The fourth-order valence-corrected chi connectivity index (χ4v) is 2.64. The van der Waals surface area contributed by atoms with Crippen molar-refractivity contribution in [1.82, 2.24) is 5.32 Å². The number of hydrogen-bond acceptors (Lipinski definition) is 3. The Morgan fingerprint density at radius 2 is 2.16 bits per heavy atom. The lowest BCUT2D eigenvalue weighted by Gasteiger charge is -2.14. The Balaban J connectivity index is 2.08. The average Bonchev–Trinajstić information content (AvgIpc) is 2.85. The monoisotopic (exact) mass is 295 g/mol. The second-order valence-electron chi connectivity index (χ2n) is 4.08. The number of amides is 1. The van der Waals surface area contributed by atoms with Crippen molar-refractivity contribution in [3.05, 3.63) is 51.2 Å². The molecule has 2 aromatic rings. The van der Waals surface area contributed by atoms with Gasteiger partial charge in [-0.2, -0.15) is 0 Å². The Kier molecular flexibility index (Phi) is 4.45. The Labute approximate surface area is 121 Å². The molecule has 0 radical (unpaired) electrons. The van der Waals surface area contributed by atoms with Crippen molar-refractivity contribution >= 4 is 28.8 Å². The summed E-state index contributed by atoms with van der Waals surface area (Å²) < 4.78 is 5.78. The first-order valence-corrected chi connectivity index (χ1v) is 6.99. The summed E-state index contributed by atoms with van der Waals surface area (Å²) in [5, 5.41) is 2.93. The molecule has 0 saturated heterocycles. The highest BCUT2D eigenvalue weighted by Crippen LogP contribution is 2.23. The molecule has 3 nitrogen and oxygen atoms in total. The first-order valence-electron chi connectivity index (χ1n) is 5.80. The number of carbonyl (C=O) groups excluding carboxylic acids is 1. The van der Waals surface area contributed by atoms with Crippen molar-refractivity contribution in [2.45, 2.75) is 13.0 Å². The number of nitrogens with one attached hydrogen (secondary N) is 1. The molecule has 1 atom stereocenters. The molecule has 19 heavy (non-hydrogen) atoms. The van der Waals surface area contributed by atoms with Crippen molar-refractivity contribution in [1.29, 1.82) is 0 Å². The van der Waals surface area contributed by atoms with E-state index in [-0.39, 0.29) is 11.9 Å². The van der Waals surface area contributed by atoms with Gasteiger partial charge >= 0.3 is 0 Å². The van der Waals surface area contributed by atoms with Crippen LogP contribution in [-0.4, -0.2) is 13.0 Å². The lowest BCUT2D eigenvalue weighted by molar-refractivity contribution is 0.0944. The molecule has 100 valence electrons. The van der Waals surface area contributed by atoms with Gasteiger partial charge in [0, 0.05) is 0 Å². The predicted molar refractivity (Wildman–Crippen MR) is 78.2 cm³/mol. The number of rotatable bonds is 4. The van der Waals surface area contributed by atoms with Crippen LogP contribution in [0.1, 0.15) is 28.2 Å². The molecule has 1 aromatic carbocycles. The summed E-state index contributed by atoms with van der Waals surface area (Å²) in [7, 11) is 1.62. The normalized spacial score (nSPS) is 11.9. The second kappa shape index (κ2) is 6.08. The summed E-state index contributed by atoms with van der Waals surface area (Å²) in [5.41, 5.74) is 0.996. The largest absolute Gasteiger partial charge is 0.497 e. The molecule has 5 heteroatoms. The predicted octanol–water partition coefficient (Wildman–Crippen LogP) is 3.90. The van der Waals surface area contributed by atoms with E-state index in [1.54, 1.807) is 19.2 Å². The molecule has 1 unspecified atom stereocenters. The van der Waals surface area contributed by atoms with E-state index in [1.165, 1.54) is 11.3 Å². The zero-order chi connectivity index (χ0) is 13.8. The van der Waals surface area contributed by atoms with Crippen molar-refractivity contribution < 1.29 is 9.53 Å². The van der Waals surface area contributed by atoms with Crippen LogP contribution in [0.2, 0.25) is 4.34 Å². The smallest absolute Gasteiger partial charge is 0.261 e. The Hall–Kier alpha value is -1.52. The highest BCUT2D eigenvalue weighted by molar-refractivity contribution is 7.17. The number of thiophene rings is 1. The Morgan fingerprint density at radius 3 is 2.79 bits per heavy atom. The molecular weight excluding hydrogens is 282 g/mol. The second-order valence-corrected chi connectivity index (χ2v) is 5.79. The highest BCUT2D eigenvalue weighted by atomic mass is 35.5. The van der Waals surface area contributed by atoms with Crippen molar-refractivity contribution in [2.75, 3.05) is 7.11 Å². The van der Waals surface area contributed by atoms with Crippen LogP contribution in [0.5, 0.6) is 5.75 Å². The molecule has 0 aliphatic heterocycles. The van der Waals surface area contributed by atoms with Gasteiger partial charge in [-0.1, -0.05) is 23.7 Å². The number of ether oxygens (including phenoxy) is 1. The maximum Gasteiger partial charge on any atom is 0.261 e. The van der Waals surface area contributed by atoms with Gasteiger partial charge in [-0.05, 0) is 36.8 Å². The van der Waals surface area contributed by atoms with Crippen LogP contribution in [0.15, 0.2) is 36.4 Å². The van der Waals surface area contributed by atoms with Crippen molar-refractivity contribution in [3.63, 3.8) is 0 Å². The third-order valence-corrected chi connectivity index (χ3v) is 3.97. The summed E-state index contributed by atoms with van der Waals surface area (Å²) in [6.45, 7) is 1.93. The van der Waals surface area contributed by atoms with Gasteiger partial charge in [-0.25, -0.2) is 0 Å². The van der Waals surface area contributed by atoms with Gasteiger partial charge in [0.25, 0.3) is 5.91 Å². The molecular formula is C14H14ClNO2S. The third kappa shape index (κ3) is 3.49. The molecule has 0 fully saturated rings. The molecule has 2 rings (SSSR count). The molecule has 1 N–H and O–H groups in total. The van der Waals surface area contributed by atoms with Gasteiger partial charge in [0.15, 0.2) is 0 Å². The molecule has 0 aliphatic carbocycles. The van der Waals surface area contributed by atoms with Crippen LogP contribution >= 0.6 is 22.9 Å². The zero-order valence-electron chi connectivity index (χ0n) is 10.6. The van der Waals surface area contributed by atoms with E-state index in [9.17, 15) is 4.79 Å². The summed E-state index contributed by atoms with van der Waals surface area (Å²) >= 11 is 7.09. The maximum atomic E-state index is 12.0. The van der Waals surface area contributed by atoms with Crippen molar-refractivity contribution in [2.24, 2.45) is 0 Å². The van der Waals surface area contributed by atoms with Gasteiger partial charge in [0.05, 0.1) is 22.4 Å². The van der Waals surface area contributed by atoms with Crippen LogP contribution in [-0.2, 0) is 0 Å². The van der Waals surface area contributed by atoms with E-state index in [0.29, 0.717) is 9.21 Å². The first-order chi connectivity index (χ1) is 9.10. The minimum Gasteiger partial charge on any atom is -0.497 e. The van der Waals surface area contributed by atoms with Crippen LogP contribution in [0, 0.1) is 0 Å². The molecule has 1 aromatic heterocycles. The van der Waals surface area contributed by atoms with E-state index >= 15 is 0 Å². The fourth-order valence-electron chi connectivity index (χ4n) is 1.70. The lowest BCUT2D eigenvalue weighted by Crippen LogP contribution is -2.25. The van der Waals surface area contributed by atoms with Crippen LogP contribution < -0.4 is 10.1 Å². The summed E-state index contributed by atoms with van der Waals surface area (Å²) in [6, 6.07) is 11.0. The molecule has 0 saturated carbocycles. The van der Waals surface area contributed by atoms with Crippen molar-refractivity contribution in [3.8, 4) is 5.75 Å². The molecule has 1 heterocycles. The van der Waals surface area contributed by atoms with E-state index in [1.807, 2.05) is 31.2 Å². The number of hydrogen-bond donors (Lipinski definition) is 1. The number of halogens is 1. The topological polar surface area (TPSA) is 38.3 Å². The van der Waals surface area contributed by atoms with E-state index in [4.69, 9.17) is 16.3 Å². The van der Waals surface area contributed by atoms with Gasteiger partial charge < -0.3 is 10.1 Å². The van der Waals surface area contributed by atoms with E-state index < -0.39 is 0 Å². The van der Waals surface area contributed by atoms with Gasteiger partial charge in [0.2, 0.25) is 0 Å². The van der Waals surface area contributed by atoms with E-state index in [0.717, 1.165) is 11.3 Å². The number of methoxy groups -OCH3 is 1. The summed E-state index contributed by atoms with van der Waals surface area (Å²) in [6.07, 6.45) is 0. The quantitative estimate of drug-likeness (QED) is 0.929. The van der Waals surface area contributed by atoms with Crippen LogP contribution in [0.3, 0.4) is 0 Å². The average molecular weight is 296 g/mol. The number of benzene rings is 1. The SMILES string of the molecule is COc1cccc(C(C)NC(=O)c2ccc(Cl)s2)c1. The fraction of sp³-hybridized carbons (Fsp3) is 0.214. The Morgan fingerprint density at radius 1 is 1.37 bits per heavy atom. The zero-order valence-corrected chi connectivity index (χ0v) is 12.2. The molecule has 0 spiro atoms. The van der Waals surface area contributed by atoms with E-state index in [2.05, 4.69) is 5.32 Å². The lowest BCUT2D eigenvalue weighted by atomic mass is 10.1. The summed E-state index contributed by atoms with van der Waals surface area (Å²) in [4.78, 5) is 12.6. The van der Waals surface area contributed by atoms with Gasteiger partial charge in [-0.15, -0.1) is 11.3 Å². The Bertz CT molecular complexity index is 582. The maximum absolute atomic E-state index is 12.0. The minimum absolute atomic E-state index is 0.0940. The van der Waals surface area contributed by atoms with Crippen LogP contribution in [0.4, 0.5) is 0 Å². The molecule has 0 bridgehead atoms. The summed E-state index contributed by atoms with van der Waals surface area (Å²) in [5.74, 6) is 0.657. The first kappa shape index (κ1) is 13.9.